The molecule has 2 aliphatic heterocycles. The van der Waals surface area contributed by atoms with E-state index in [0.717, 1.165) is 37.2 Å². The summed E-state index contributed by atoms with van der Waals surface area (Å²) < 4.78 is 10.7. The second-order valence-corrected chi connectivity index (χ2v) is 5.85. The molecule has 0 atom stereocenters. The van der Waals surface area contributed by atoms with Gasteiger partial charge >= 0.3 is 0 Å². The Kier molecular flexibility index (Phi) is 4.63. The van der Waals surface area contributed by atoms with Crippen molar-refractivity contribution in [2.75, 3.05) is 53.5 Å². The summed E-state index contributed by atoms with van der Waals surface area (Å²) in [6, 6.07) is 6.85. The van der Waals surface area contributed by atoms with Crippen LogP contribution < -0.4 is 14.8 Å². The molecule has 0 saturated carbocycles. The molecule has 0 aromatic heterocycles. The van der Waals surface area contributed by atoms with Crippen LogP contribution in [0.5, 0.6) is 11.5 Å². The first-order valence-electron chi connectivity index (χ1n) is 7.67. The van der Waals surface area contributed by atoms with E-state index in [1.807, 2.05) is 6.07 Å². The quantitative estimate of drug-likeness (QED) is 0.868. The van der Waals surface area contributed by atoms with Gasteiger partial charge in [0.15, 0.2) is 0 Å². The molecule has 0 radical (unpaired) electrons. The first-order valence-corrected chi connectivity index (χ1v) is 7.67. The van der Waals surface area contributed by atoms with Crippen LogP contribution in [0.4, 0.5) is 0 Å². The average molecular weight is 291 g/mol. The monoisotopic (exact) mass is 291 g/mol. The molecule has 2 saturated heterocycles. The van der Waals surface area contributed by atoms with Gasteiger partial charge in [0.1, 0.15) is 11.5 Å². The molecule has 0 spiro atoms. The lowest BCUT2D eigenvalue weighted by atomic mass is 10.0. The highest BCUT2D eigenvalue weighted by molar-refractivity contribution is 5.38. The van der Waals surface area contributed by atoms with E-state index in [0.29, 0.717) is 0 Å². The number of nitrogens with one attached hydrogen (secondary N) is 1. The molecule has 5 nitrogen and oxygen atoms in total. The van der Waals surface area contributed by atoms with Crippen LogP contribution in [0.25, 0.3) is 0 Å². The number of ether oxygens (including phenoxy) is 2. The average Bonchev–Trinajstić information content (AvgIpc) is 2.50. The minimum Gasteiger partial charge on any atom is -0.497 e. The van der Waals surface area contributed by atoms with Crippen molar-refractivity contribution >= 4 is 0 Å². The summed E-state index contributed by atoms with van der Waals surface area (Å²) in [5, 5.41) is 3.41. The fourth-order valence-electron chi connectivity index (χ4n) is 3.17. The Morgan fingerprint density at radius 1 is 1.05 bits per heavy atom. The third-order valence-electron chi connectivity index (χ3n) is 4.42. The van der Waals surface area contributed by atoms with Crippen molar-refractivity contribution in [2.45, 2.75) is 12.6 Å². The van der Waals surface area contributed by atoms with E-state index in [4.69, 9.17) is 9.47 Å². The van der Waals surface area contributed by atoms with Crippen LogP contribution in [0.2, 0.25) is 0 Å². The smallest absolute Gasteiger partial charge is 0.122 e. The van der Waals surface area contributed by atoms with Crippen LogP contribution >= 0.6 is 0 Å². The van der Waals surface area contributed by atoms with Gasteiger partial charge in [0.2, 0.25) is 0 Å². The maximum absolute atomic E-state index is 5.33. The summed E-state index contributed by atoms with van der Waals surface area (Å²) in [5.74, 6) is 1.73. The van der Waals surface area contributed by atoms with E-state index >= 15 is 0 Å². The number of benzene rings is 1. The van der Waals surface area contributed by atoms with Gasteiger partial charge in [-0.3, -0.25) is 9.80 Å². The first kappa shape index (κ1) is 14.6. The molecule has 5 heteroatoms. The van der Waals surface area contributed by atoms with Crippen LogP contribution in [0.3, 0.4) is 0 Å². The molecule has 0 aliphatic carbocycles. The molecule has 3 rings (SSSR count). The Labute approximate surface area is 126 Å². The summed E-state index contributed by atoms with van der Waals surface area (Å²) in [7, 11) is 3.39. The van der Waals surface area contributed by atoms with Crippen molar-refractivity contribution in [3.8, 4) is 11.5 Å². The van der Waals surface area contributed by atoms with Crippen molar-refractivity contribution in [1.82, 2.24) is 15.1 Å². The van der Waals surface area contributed by atoms with Crippen molar-refractivity contribution < 1.29 is 9.47 Å². The standard InChI is InChI=1S/C16H25N3O2/c1-20-15-7-13(8-16(9-15)21-2)10-18-11-14(12-18)19-5-3-17-4-6-19/h7-9,14,17H,3-6,10-12H2,1-2H3. The number of hydrogen-bond acceptors (Lipinski definition) is 5. The normalized spacial score (nSPS) is 21.0. The van der Waals surface area contributed by atoms with Crippen molar-refractivity contribution in [1.29, 1.82) is 0 Å². The van der Waals surface area contributed by atoms with Crippen LogP contribution in [0.15, 0.2) is 18.2 Å². The van der Waals surface area contributed by atoms with E-state index in [-0.39, 0.29) is 0 Å². The zero-order valence-electron chi connectivity index (χ0n) is 13.0. The fraction of sp³-hybridized carbons (Fsp3) is 0.625. The Bertz CT molecular complexity index is 446. The number of rotatable bonds is 5. The van der Waals surface area contributed by atoms with E-state index in [9.17, 15) is 0 Å². The van der Waals surface area contributed by atoms with E-state index in [2.05, 4.69) is 27.2 Å². The number of nitrogens with zero attached hydrogens (tertiary/aromatic N) is 2. The minimum atomic E-state index is 0.736. The zero-order valence-corrected chi connectivity index (χ0v) is 13.0. The van der Waals surface area contributed by atoms with Gasteiger partial charge in [0.25, 0.3) is 0 Å². The second kappa shape index (κ2) is 6.64. The minimum absolute atomic E-state index is 0.736. The van der Waals surface area contributed by atoms with Gasteiger partial charge in [-0.25, -0.2) is 0 Å². The van der Waals surface area contributed by atoms with Gasteiger partial charge in [0, 0.05) is 57.9 Å². The number of methoxy groups -OCH3 is 2. The highest BCUT2D eigenvalue weighted by atomic mass is 16.5. The Balaban J connectivity index is 1.54. The van der Waals surface area contributed by atoms with Gasteiger partial charge < -0.3 is 14.8 Å². The van der Waals surface area contributed by atoms with Gasteiger partial charge in [-0.15, -0.1) is 0 Å². The number of likely N-dealkylation sites (tertiary alicyclic amines) is 1. The lowest BCUT2D eigenvalue weighted by molar-refractivity contribution is 0.0222. The maximum Gasteiger partial charge on any atom is 0.122 e. The van der Waals surface area contributed by atoms with Crippen molar-refractivity contribution in [3.63, 3.8) is 0 Å². The highest BCUT2D eigenvalue weighted by Crippen LogP contribution is 2.25. The van der Waals surface area contributed by atoms with Crippen LogP contribution in [-0.4, -0.2) is 69.3 Å². The summed E-state index contributed by atoms with van der Waals surface area (Å²) >= 11 is 0. The van der Waals surface area contributed by atoms with Crippen LogP contribution in [0, 0.1) is 0 Å². The topological polar surface area (TPSA) is 37.0 Å². The molecule has 1 N–H and O–H groups in total. The molecule has 2 aliphatic rings. The molecule has 2 fully saturated rings. The van der Waals surface area contributed by atoms with Gasteiger partial charge in [-0.1, -0.05) is 0 Å². The van der Waals surface area contributed by atoms with Crippen LogP contribution in [-0.2, 0) is 6.54 Å². The molecular formula is C16H25N3O2. The summed E-state index contributed by atoms with van der Waals surface area (Å²) in [6.07, 6.45) is 0. The molecule has 0 bridgehead atoms. The maximum atomic E-state index is 5.33. The largest absolute Gasteiger partial charge is 0.497 e. The van der Waals surface area contributed by atoms with Crippen molar-refractivity contribution in [2.24, 2.45) is 0 Å². The summed E-state index contributed by atoms with van der Waals surface area (Å²) in [4.78, 5) is 5.10. The Morgan fingerprint density at radius 3 is 2.24 bits per heavy atom. The predicted molar refractivity (Wildman–Crippen MR) is 83.1 cm³/mol. The van der Waals surface area contributed by atoms with Gasteiger partial charge in [-0.2, -0.15) is 0 Å². The molecule has 1 aromatic carbocycles. The Morgan fingerprint density at radius 2 is 1.67 bits per heavy atom. The molecule has 0 unspecified atom stereocenters. The molecule has 1 aromatic rings. The molecular weight excluding hydrogens is 266 g/mol. The van der Waals surface area contributed by atoms with E-state index < -0.39 is 0 Å². The molecule has 116 valence electrons. The number of hydrogen-bond donors (Lipinski definition) is 1. The van der Waals surface area contributed by atoms with E-state index in [1.54, 1.807) is 14.2 Å². The molecule has 21 heavy (non-hydrogen) atoms. The van der Waals surface area contributed by atoms with Crippen molar-refractivity contribution in [3.05, 3.63) is 23.8 Å². The predicted octanol–water partition coefficient (Wildman–Crippen LogP) is 0.793. The van der Waals surface area contributed by atoms with E-state index in [1.165, 1.54) is 31.7 Å². The third kappa shape index (κ3) is 3.48. The summed E-state index contributed by atoms with van der Waals surface area (Å²) in [5.41, 5.74) is 1.25. The Hall–Kier alpha value is -1.30. The number of piperazine rings is 1. The fourth-order valence-corrected chi connectivity index (χ4v) is 3.17. The highest BCUT2D eigenvalue weighted by Gasteiger charge is 2.32. The molecule has 2 heterocycles. The van der Waals surface area contributed by atoms with Crippen LogP contribution in [0.1, 0.15) is 5.56 Å². The SMILES string of the molecule is COc1cc(CN2CC(N3CCNCC3)C2)cc(OC)c1. The molecule has 0 amide bonds. The van der Waals surface area contributed by atoms with Gasteiger partial charge in [-0.05, 0) is 17.7 Å². The first-order chi connectivity index (χ1) is 10.3. The summed E-state index contributed by atoms with van der Waals surface area (Å²) in [6.45, 7) is 7.93. The second-order valence-electron chi connectivity index (χ2n) is 5.85. The van der Waals surface area contributed by atoms with Gasteiger partial charge in [0.05, 0.1) is 14.2 Å². The lowest BCUT2D eigenvalue weighted by Crippen LogP contribution is -2.62. The zero-order chi connectivity index (χ0) is 14.7. The lowest BCUT2D eigenvalue weighted by Gasteiger charge is -2.47. The third-order valence-corrected chi connectivity index (χ3v) is 4.42.